The van der Waals surface area contributed by atoms with Crippen LogP contribution in [0.15, 0.2) is 42.5 Å². The summed E-state index contributed by atoms with van der Waals surface area (Å²) >= 11 is 0. The van der Waals surface area contributed by atoms with Crippen LogP contribution in [0.25, 0.3) is 0 Å². The molecule has 4 rings (SSSR count). The number of anilines is 1. The van der Waals surface area contributed by atoms with Crippen LogP contribution in [-0.4, -0.2) is 55.7 Å². The van der Waals surface area contributed by atoms with Gasteiger partial charge in [-0.15, -0.1) is 0 Å². The van der Waals surface area contributed by atoms with Crippen molar-refractivity contribution in [2.24, 2.45) is 0 Å². The minimum absolute atomic E-state index is 0.142. The summed E-state index contributed by atoms with van der Waals surface area (Å²) in [5.41, 5.74) is 2.12. The zero-order valence-corrected chi connectivity index (χ0v) is 19.4. The maximum atomic E-state index is 14.1. The van der Waals surface area contributed by atoms with Gasteiger partial charge in [0.25, 0.3) is 0 Å². The number of nitrogens with one attached hydrogen (secondary N) is 1. The molecule has 0 radical (unpaired) electrons. The van der Waals surface area contributed by atoms with Crippen LogP contribution >= 0.6 is 0 Å². The Morgan fingerprint density at radius 2 is 1.76 bits per heavy atom. The van der Waals surface area contributed by atoms with E-state index in [0.29, 0.717) is 18.8 Å². The molecule has 2 aromatic carbocycles. The predicted molar refractivity (Wildman–Crippen MR) is 125 cm³/mol. The summed E-state index contributed by atoms with van der Waals surface area (Å²) in [7, 11) is 0. The fraction of sp³-hybridized carbons (Fsp3) is 0.500. The lowest BCUT2D eigenvalue weighted by molar-refractivity contribution is -0.122. The van der Waals surface area contributed by atoms with Crippen LogP contribution in [0, 0.1) is 11.6 Å². The zero-order valence-electron chi connectivity index (χ0n) is 19.4. The van der Waals surface area contributed by atoms with Crippen molar-refractivity contribution < 1.29 is 18.3 Å². The van der Waals surface area contributed by atoms with E-state index in [-0.39, 0.29) is 12.3 Å². The summed E-state index contributed by atoms with van der Waals surface area (Å²) in [5, 5.41) is 3.14. The van der Waals surface area contributed by atoms with E-state index < -0.39 is 23.2 Å². The molecule has 2 fully saturated rings. The monoisotopic (exact) mass is 457 g/mol. The number of likely N-dealkylation sites (tertiary alicyclic amines) is 1. The lowest BCUT2D eigenvalue weighted by atomic mass is 9.86. The van der Waals surface area contributed by atoms with Crippen molar-refractivity contribution in [3.05, 3.63) is 65.2 Å². The molecule has 7 heteroatoms. The van der Waals surface area contributed by atoms with E-state index in [4.69, 9.17) is 4.74 Å². The highest BCUT2D eigenvalue weighted by Gasteiger charge is 2.39. The Balaban J connectivity index is 1.53. The highest BCUT2D eigenvalue weighted by Crippen LogP contribution is 2.34. The molecule has 2 aliphatic rings. The molecule has 1 atom stereocenters. The van der Waals surface area contributed by atoms with Crippen LogP contribution < -0.4 is 10.2 Å². The van der Waals surface area contributed by atoms with Crippen LogP contribution in [0.2, 0.25) is 0 Å². The molecule has 1 amide bonds. The molecule has 178 valence electrons. The van der Waals surface area contributed by atoms with Gasteiger partial charge in [-0.05, 0) is 75.2 Å². The third-order valence-corrected chi connectivity index (χ3v) is 6.86. The largest absolute Gasteiger partial charge is 0.378 e. The Kier molecular flexibility index (Phi) is 7.29. The number of halogens is 2. The summed E-state index contributed by atoms with van der Waals surface area (Å²) in [6.45, 7) is 9.02. The van der Waals surface area contributed by atoms with Gasteiger partial charge < -0.3 is 15.0 Å². The number of benzene rings is 2. The third kappa shape index (κ3) is 5.53. The predicted octanol–water partition coefficient (Wildman–Crippen LogP) is 4.08. The fourth-order valence-electron chi connectivity index (χ4n) is 4.92. The molecule has 2 saturated heterocycles. The number of ether oxygens (including phenoxy) is 1. The molecular weight excluding hydrogens is 424 g/mol. The van der Waals surface area contributed by atoms with Gasteiger partial charge in [-0.3, -0.25) is 9.69 Å². The van der Waals surface area contributed by atoms with E-state index in [1.54, 1.807) is 6.07 Å². The number of amides is 1. The molecule has 0 spiro atoms. The molecule has 1 unspecified atom stereocenters. The summed E-state index contributed by atoms with van der Waals surface area (Å²) in [4.78, 5) is 17.7. The quantitative estimate of drug-likeness (QED) is 0.681. The Bertz CT molecular complexity index is 970. The van der Waals surface area contributed by atoms with Crippen LogP contribution in [-0.2, 0) is 16.0 Å². The third-order valence-electron chi connectivity index (χ3n) is 6.86. The summed E-state index contributed by atoms with van der Waals surface area (Å²) in [6, 6.07) is 11.4. The van der Waals surface area contributed by atoms with Gasteiger partial charge in [0.1, 0.15) is 0 Å². The van der Waals surface area contributed by atoms with E-state index >= 15 is 0 Å². The van der Waals surface area contributed by atoms with Gasteiger partial charge in [0.05, 0.1) is 25.7 Å². The highest BCUT2D eigenvalue weighted by atomic mass is 19.2. The minimum Gasteiger partial charge on any atom is -0.378 e. The average Bonchev–Trinajstić information content (AvgIpc) is 3.36. The zero-order chi connectivity index (χ0) is 23.4. The number of nitrogens with zero attached hydrogens (tertiary/aromatic N) is 2. The Morgan fingerprint density at radius 3 is 2.45 bits per heavy atom. The highest BCUT2D eigenvalue weighted by molar-refractivity contribution is 5.79. The van der Waals surface area contributed by atoms with Crippen molar-refractivity contribution in [3.63, 3.8) is 0 Å². The first kappa shape index (κ1) is 23.6. The van der Waals surface area contributed by atoms with Gasteiger partial charge in [0, 0.05) is 24.3 Å². The Hall–Kier alpha value is -2.51. The molecule has 2 aliphatic heterocycles. The SMILES string of the molecule is CC(C)(C(NC(=O)Cc1cccc(N2CCOCC2)c1)c1ccc(F)c(F)c1)N1CCCC1. The topological polar surface area (TPSA) is 44.8 Å². The summed E-state index contributed by atoms with van der Waals surface area (Å²) < 4.78 is 33.1. The summed E-state index contributed by atoms with van der Waals surface area (Å²) in [5.74, 6) is -1.93. The average molecular weight is 458 g/mol. The maximum Gasteiger partial charge on any atom is 0.224 e. The van der Waals surface area contributed by atoms with E-state index in [0.717, 1.165) is 56.3 Å². The second-order valence-electron chi connectivity index (χ2n) is 9.47. The van der Waals surface area contributed by atoms with Gasteiger partial charge in [-0.25, -0.2) is 8.78 Å². The molecule has 33 heavy (non-hydrogen) atoms. The van der Waals surface area contributed by atoms with Gasteiger partial charge in [0.2, 0.25) is 5.91 Å². The van der Waals surface area contributed by atoms with E-state index in [1.807, 2.05) is 24.3 Å². The van der Waals surface area contributed by atoms with Crippen molar-refractivity contribution in [1.82, 2.24) is 10.2 Å². The lowest BCUT2D eigenvalue weighted by Gasteiger charge is -2.42. The van der Waals surface area contributed by atoms with Crippen molar-refractivity contribution in [1.29, 1.82) is 0 Å². The lowest BCUT2D eigenvalue weighted by Crippen LogP contribution is -2.53. The molecule has 0 bridgehead atoms. The van der Waals surface area contributed by atoms with Crippen molar-refractivity contribution in [2.45, 2.75) is 44.7 Å². The molecule has 0 aromatic heterocycles. The number of morpholine rings is 1. The van der Waals surface area contributed by atoms with Crippen molar-refractivity contribution in [3.8, 4) is 0 Å². The smallest absolute Gasteiger partial charge is 0.224 e. The molecule has 2 heterocycles. The van der Waals surface area contributed by atoms with Crippen LogP contribution in [0.4, 0.5) is 14.5 Å². The number of hydrogen-bond acceptors (Lipinski definition) is 4. The Morgan fingerprint density at radius 1 is 1.03 bits per heavy atom. The van der Waals surface area contributed by atoms with Crippen LogP contribution in [0.3, 0.4) is 0 Å². The van der Waals surface area contributed by atoms with E-state index in [2.05, 4.69) is 29.0 Å². The van der Waals surface area contributed by atoms with Gasteiger partial charge in [0.15, 0.2) is 11.6 Å². The van der Waals surface area contributed by atoms with E-state index in [1.165, 1.54) is 6.07 Å². The van der Waals surface area contributed by atoms with Gasteiger partial charge in [-0.1, -0.05) is 18.2 Å². The number of carbonyl (C=O) groups excluding carboxylic acids is 1. The Labute approximate surface area is 194 Å². The molecule has 0 aliphatic carbocycles. The van der Waals surface area contributed by atoms with Crippen molar-refractivity contribution in [2.75, 3.05) is 44.3 Å². The molecule has 1 N–H and O–H groups in total. The molecule has 2 aromatic rings. The standard InChI is InChI=1S/C26H33F2N3O2/c1-26(2,31-10-3-4-11-31)25(20-8-9-22(27)23(28)18-20)29-24(32)17-19-6-5-7-21(16-19)30-12-14-33-15-13-30/h5-9,16,18,25H,3-4,10-15,17H2,1-2H3,(H,29,32). The number of hydrogen-bond donors (Lipinski definition) is 1. The van der Waals surface area contributed by atoms with Crippen LogP contribution in [0.1, 0.15) is 43.9 Å². The van der Waals surface area contributed by atoms with Gasteiger partial charge >= 0.3 is 0 Å². The molecule has 5 nitrogen and oxygen atoms in total. The first-order valence-corrected chi connectivity index (χ1v) is 11.8. The molecular formula is C26H33F2N3O2. The van der Waals surface area contributed by atoms with Crippen LogP contribution in [0.5, 0.6) is 0 Å². The fourth-order valence-corrected chi connectivity index (χ4v) is 4.92. The summed E-state index contributed by atoms with van der Waals surface area (Å²) in [6.07, 6.45) is 2.40. The van der Waals surface area contributed by atoms with E-state index in [9.17, 15) is 13.6 Å². The van der Waals surface area contributed by atoms with Crippen molar-refractivity contribution >= 4 is 11.6 Å². The second kappa shape index (κ2) is 10.2. The normalized spacial score (nSPS) is 18.4. The number of rotatable bonds is 7. The molecule has 0 saturated carbocycles. The minimum atomic E-state index is -0.901. The number of carbonyl (C=O) groups is 1. The maximum absolute atomic E-state index is 14.1. The second-order valence-corrected chi connectivity index (χ2v) is 9.47. The first-order valence-electron chi connectivity index (χ1n) is 11.8. The first-order chi connectivity index (χ1) is 15.8. The van der Waals surface area contributed by atoms with Gasteiger partial charge in [-0.2, -0.15) is 0 Å².